The van der Waals surface area contributed by atoms with Crippen molar-refractivity contribution in [1.29, 1.82) is 0 Å². The maximum Gasteiger partial charge on any atom is 0.271 e. The average Bonchev–Trinajstić information content (AvgIpc) is 3.26. The van der Waals surface area contributed by atoms with Crippen molar-refractivity contribution in [1.82, 2.24) is 14.6 Å². The summed E-state index contributed by atoms with van der Waals surface area (Å²) in [6, 6.07) is 5.71. The van der Waals surface area contributed by atoms with E-state index in [-0.39, 0.29) is 11.8 Å². The summed E-state index contributed by atoms with van der Waals surface area (Å²) in [5.41, 5.74) is 0.0455. The summed E-state index contributed by atoms with van der Waals surface area (Å²) in [7, 11) is 0. The van der Waals surface area contributed by atoms with E-state index in [4.69, 9.17) is 0 Å². The van der Waals surface area contributed by atoms with Crippen molar-refractivity contribution in [3.8, 4) is 0 Å². The molecule has 5 nitrogen and oxygen atoms in total. The molecule has 1 aliphatic heterocycles. The van der Waals surface area contributed by atoms with E-state index < -0.39 is 5.54 Å². The van der Waals surface area contributed by atoms with Crippen molar-refractivity contribution in [2.45, 2.75) is 39.2 Å². The lowest BCUT2D eigenvalue weighted by atomic mass is 10.0. The summed E-state index contributed by atoms with van der Waals surface area (Å²) in [5.74, 6) is -0.109. The van der Waals surface area contributed by atoms with Gasteiger partial charge in [-0.15, -0.1) is 11.3 Å². The number of hydrogen-bond acceptors (Lipinski definition) is 5. The number of likely N-dealkylation sites (tertiary alicyclic amines) is 1. The van der Waals surface area contributed by atoms with Crippen LogP contribution in [0.1, 0.15) is 50.2 Å². The molecule has 2 aromatic rings. The largest absolute Gasteiger partial charge is 0.344 e. The van der Waals surface area contributed by atoms with Crippen LogP contribution in [0.25, 0.3) is 0 Å². The molecule has 0 saturated carbocycles. The molecule has 0 radical (unpaired) electrons. The highest BCUT2D eigenvalue weighted by molar-refractivity contribution is 7.14. The number of nitrogens with one attached hydrogen (secondary N) is 1. The molecule has 0 aromatic carbocycles. The first-order valence-corrected chi connectivity index (χ1v) is 9.63. The van der Waals surface area contributed by atoms with Gasteiger partial charge in [0.1, 0.15) is 5.69 Å². The number of aryl methyl sites for hydroxylation is 2. The van der Waals surface area contributed by atoms with Crippen molar-refractivity contribution < 1.29 is 9.59 Å². The number of nitrogens with zero attached hydrogens (tertiary/aromatic N) is 2. The first-order chi connectivity index (χ1) is 11.4. The maximum atomic E-state index is 12.6. The van der Waals surface area contributed by atoms with Gasteiger partial charge in [0, 0.05) is 22.8 Å². The molecular formula is C17H21N3O2S2. The minimum absolute atomic E-state index is 0.0576. The fourth-order valence-electron chi connectivity index (χ4n) is 2.89. The predicted octanol–water partition coefficient (Wildman–Crippen LogP) is 3.11. The average molecular weight is 364 g/mol. The van der Waals surface area contributed by atoms with Crippen LogP contribution in [0, 0.1) is 6.92 Å². The summed E-state index contributed by atoms with van der Waals surface area (Å²) in [5, 5.41) is 3.05. The Kier molecular flexibility index (Phi) is 4.73. The van der Waals surface area contributed by atoms with Crippen LogP contribution < -0.4 is 5.32 Å². The normalized spacial score (nSPS) is 20.4. The summed E-state index contributed by atoms with van der Waals surface area (Å²) < 4.78 is 4.15. The van der Waals surface area contributed by atoms with Crippen LogP contribution in [0.15, 0.2) is 18.2 Å². The molecule has 1 atom stereocenters. The summed E-state index contributed by atoms with van der Waals surface area (Å²) in [4.78, 5) is 29.8. The van der Waals surface area contributed by atoms with Gasteiger partial charge >= 0.3 is 0 Å². The number of carbonyl (C=O) groups is 2. The Hall–Kier alpha value is -1.73. The second-order valence-electron chi connectivity index (χ2n) is 6.43. The number of thiophene rings is 1. The van der Waals surface area contributed by atoms with Crippen LogP contribution in [0.5, 0.6) is 0 Å². The van der Waals surface area contributed by atoms with Gasteiger partial charge in [-0.2, -0.15) is 4.37 Å². The quantitative estimate of drug-likeness (QED) is 0.908. The number of amides is 2. The zero-order valence-electron chi connectivity index (χ0n) is 14.1. The van der Waals surface area contributed by atoms with Gasteiger partial charge in [-0.3, -0.25) is 9.59 Å². The predicted molar refractivity (Wildman–Crippen MR) is 96.9 cm³/mol. The molecule has 1 aliphatic rings. The van der Waals surface area contributed by atoms with E-state index in [9.17, 15) is 9.59 Å². The maximum absolute atomic E-state index is 12.6. The highest BCUT2D eigenvalue weighted by atomic mass is 32.1. The first kappa shape index (κ1) is 17.1. The van der Waals surface area contributed by atoms with Crippen molar-refractivity contribution in [3.63, 3.8) is 0 Å². The summed E-state index contributed by atoms with van der Waals surface area (Å²) in [6.45, 7) is 7.19. The summed E-state index contributed by atoms with van der Waals surface area (Å²) >= 11 is 2.88. The van der Waals surface area contributed by atoms with E-state index in [0.717, 1.165) is 22.6 Å². The van der Waals surface area contributed by atoms with Gasteiger partial charge in [0.05, 0.1) is 10.4 Å². The Morgan fingerprint density at radius 3 is 2.83 bits per heavy atom. The summed E-state index contributed by atoms with van der Waals surface area (Å²) in [6.07, 6.45) is 1.69. The van der Waals surface area contributed by atoms with Gasteiger partial charge in [0.15, 0.2) is 0 Å². The van der Waals surface area contributed by atoms with Crippen LogP contribution in [0.4, 0.5) is 0 Å². The first-order valence-electron chi connectivity index (χ1n) is 8.04. The smallest absolute Gasteiger partial charge is 0.271 e. The number of rotatable bonds is 4. The number of aromatic nitrogens is 1. The highest BCUT2D eigenvalue weighted by Crippen LogP contribution is 2.26. The highest BCUT2D eigenvalue weighted by Gasteiger charge is 2.38. The van der Waals surface area contributed by atoms with E-state index in [2.05, 4.69) is 16.6 Å². The van der Waals surface area contributed by atoms with Crippen LogP contribution in [-0.4, -0.2) is 39.7 Å². The second-order valence-corrected chi connectivity index (χ2v) is 8.61. The molecule has 1 fully saturated rings. The van der Waals surface area contributed by atoms with Crippen LogP contribution in [0.2, 0.25) is 0 Å². The SMILES string of the molecule is CCc1ccc(C(=O)N2CCC(C)(NC(=O)c3cc(C)sn3)C2)s1. The Morgan fingerprint density at radius 1 is 1.42 bits per heavy atom. The van der Waals surface area contributed by atoms with Crippen molar-refractivity contribution in [2.24, 2.45) is 0 Å². The van der Waals surface area contributed by atoms with Crippen LogP contribution >= 0.6 is 22.9 Å². The molecule has 1 unspecified atom stereocenters. The molecule has 24 heavy (non-hydrogen) atoms. The molecule has 2 amide bonds. The molecule has 2 aromatic heterocycles. The van der Waals surface area contributed by atoms with Gasteiger partial charge in [-0.05, 0) is 56.4 Å². The Labute approximate surface area is 149 Å². The van der Waals surface area contributed by atoms with Crippen molar-refractivity contribution in [2.75, 3.05) is 13.1 Å². The van der Waals surface area contributed by atoms with Gasteiger partial charge < -0.3 is 10.2 Å². The Morgan fingerprint density at radius 2 is 2.21 bits per heavy atom. The standard InChI is InChI=1S/C17H21N3O2S2/c1-4-12-5-6-14(23-12)16(22)20-8-7-17(3,10-20)18-15(21)13-9-11(2)24-19-13/h5-6,9H,4,7-8,10H2,1-3H3,(H,18,21). The molecule has 128 valence electrons. The number of hydrogen-bond donors (Lipinski definition) is 1. The fraction of sp³-hybridized carbons (Fsp3) is 0.471. The van der Waals surface area contributed by atoms with Gasteiger partial charge in [0.25, 0.3) is 11.8 Å². The lowest BCUT2D eigenvalue weighted by Crippen LogP contribution is -2.48. The molecule has 1 N–H and O–H groups in total. The molecule has 3 heterocycles. The van der Waals surface area contributed by atoms with E-state index in [1.807, 2.05) is 30.9 Å². The van der Waals surface area contributed by atoms with Crippen molar-refractivity contribution >= 4 is 34.7 Å². The monoisotopic (exact) mass is 363 g/mol. The minimum Gasteiger partial charge on any atom is -0.344 e. The zero-order chi connectivity index (χ0) is 17.3. The molecule has 0 spiro atoms. The van der Waals surface area contributed by atoms with E-state index in [1.54, 1.807) is 17.4 Å². The Bertz CT molecular complexity index is 767. The van der Waals surface area contributed by atoms with Gasteiger partial charge in [0.2, 0.25) is 0 Å². The lowest BCUT2D eigenvalue weighted by Gasteiger charge is -2.25. The third-order valence-electron chi connectivity index (χ3n) is 4.26. The molecule has 3 rings (SSSR count). The lowest BCUT2D eigenvalue weighted by molar-refractivity contribution is 0.0773. The van der Waals surface area contributed by atoms with Gasteiger partial charge in [-0.1, -0.05) is 6.92 Å². The topological polar surface area (TPSA) is 62.3 Å². The molecule has 0 bridgehead atoms. The van der Waals surface area contributed by atoms with Crippen molar-refractivity contribution in [3.05, 3.63) is 38.5 Å². The van der Waals surface area contributed by atoms with Gasteiger partial charge in [-0.25, -0.2) is 0 Å². The molecule has 0 aliphatic carbocycles. The third-order valence-corrected chi connectivity index (χ3v) is 6.17. The van der Waals surface area contributed by atoms with Crippen LogP contribution in [0.3, 0.4) is 0 Å². The van der Waals surface area contributed by atoms with E-state index in [1.165, 1.54) is 16.4 Å². The third kappa shape index (κ3) is 3.52. The van der Waals surface area contributed by atoms with E-state index in [0.29, 0.717) is 18.8 Å². The van der Waals surface area contributed by atoms with Crippen LogP contribution in [-0.2, 0) is 6.42 Å². The minimum atomic E-state index is -0.408. The molecular weight excluding hydrogens is 342 g/mol. The molecule has 1 saturated heterocycles. The molecule has 7 heteroatoms. The second kappa shape index (κ2) is 6.64. The van der Waals surface area contributed by atoms with E-state index >= 15 is 0 Å². The fourth-order valence-corrected chi connectivity index (χ4v) is 4.34. The number of carbonyl (C=O) groups excluding carboxylic acids is 2. The Balaban J connectivity index is 1.65. The zero-order valence-corrected chi connectivity index (χ0v) is 15.7.